The monoisotopic (exact) mass is 325 g/mol. The van der Waals surface area contributed by atoms with Crippen LogP contribution in [0.1, 0.15) is 17.2 Å². The lowest BCUT2D eigenvalue weighted by Gasteiger charge is -2.23. The topological polar surface area (TPSA) is 49.2 Å². The van der Waals surface area contributed by atoms with E-state index in [0.717, 1.165) is 0 Å². The van der Waals surface area contributed by atoms with Crippen LogP contribution in [0.3, 0.4) is 0 Å². The highest BCUT2D eigenvalue weighted by Crippen LogP contribution is 2.22. The Hall–Kier alpha value is -1.50. The maximum absolute atomic E-state index is 13.9. The summed E-state index contributed by atoms with van der Waals surface area (Å²) in [5.41, 5.74) is 0.429. The Morgan fingerprint density at radius 3 is 3.00 bits per heavy atom. The van der Waals surface area contributed by atoms with E-state index in [1.165, 1.54) is 6.07 Å². The number of nitrogens with zero attached hydrogens (tertiary/aromatic N) is 3. The zero-order valence-electron chi connectivity index (χ0n) is 12.3. The van der Waals surface area contributed by atoms with Crippen LogP contribution >= 0.6 is 11.6 Å². The van der Waals surface area contributed by atoms with E-state index in [1.807, 2.05) is 0 Å². The summed E-state index contributed by atoms with van der Waals surface area (Å²) < 4.78 is 26.7. The molecule has 1 fully saturated rings. The third-order valence-electron chi connectivity index (χ3n) is 3.51. The molecule has 0 aliphatic carbocycles. The molecule has 1 atom stereocenters. The van der Waals surface area contributed by atoms with Crippen molar-refractivity contribution in [3.8, 4) is 0 Å². The zero-order chi connectivity index (χ0) is 15.5. The molecule has 0 saturated carbocycles. The minimum atomic E-state index is -0.336. The van der Waals surface area contributed by atoms with Crippen molar-refractivity contribution in [2.75, 3.05) is 19.8 Å². The van der Waals surface area contributed by atoms with E-state index in [9.17, 15) is 4.39 Å². The van der Waals surface area contributed by atoms with Gasteiger partial charge in [-0.15, -0.1) is 0 Å². The first-order chi connectivity index (χ1) is 10.6. The molecule has 3 rings (SSSR count). The Morgan fingerprint density at radius 1 is 1.41 bits per heavy atom. The summed E-state index contributed by atoms with van der Waals surface area (Å²) in [4.78, 5) is 4.38. The molecule has 1 aliphatic heterocycles. The molecule has 0 amide bonds. The van der Waals surface area contributed by atoms with Crippen LogP contribution < -0.4 is 0 Å². The maximum atomic E-state index is 13.9. The number of ether oxygens (including phenoxy) is 2. The maximum Gasteiger partial charge on any atom is 0.147 e. The fourth-order valence-electron chi connectivity index (χ4n) is 2.47. The molecule has 118 valence electrons. The summed E-state index contributed by atoms with van der Waals surface area (Å²) in [6, 6.07) is 4.66. The van der Waals surface area contributed by atoms with Crippen molar-refractivity contribution in [2.24, 2.45) is 0 Å². The summed E-state index contributed by atoms with van der Waals surface area (Å²) in [5, 5.41) is 4.76. The van der Waals surface area contributed by atoms with Crippen molar-refractivity contribution in [2.45, 2.75) is 26.0 Å². The largest absolute Gasteiger partial charge is 0.376 e. The number of aryl methyl sites for hydroxylation is 1. The summed E-state index contributed by atoms with van der Waals surface area (Å²) in [6.45, 7) is 4.06. The van der Waals surface area contributed by atoms with E-state index in [-0.39, 0.29) is 11.9 Å². The number of hydrogen-bond acceptors (Lipinski definition) is 4. The van der Waals surface area contributed by atoms with Gasteiger partial charge in [0.1, 0.15) is 23.6 Å². The Balaban J connectivity index is 1.81. The van der Waals surface area contributed by atoms with Crippen molar-refractivity contribution in [3.63, 3.8) is 0 Å². The fraction of sp³-hybridized carbons (Fsp3) is 0.467. The Morgan fingerprint density at radius 2 is 2.27 bits per heavy atom. The lowest BCUT2D eigenvalue weighted by molar-refractivity contribution is -0.0948. The third kappa shape index (κ3) is 3.45. The van der Waals surface area contributed by atoms with Gasteiger partial charge in [-0.2, -0.15) is 5.10 Å². The van der Waals surface area contributed by atoms with Crippen LogP contribution in [0.15, 0.2) is 18.2 Å². The highest BCUT2D eigenvalue weighted by Gasteiger charge is 2.19. The molecule has 0 bridgehead atoms. The molecule has 1 aliphatic rings. The van der Waals surface area contributed by atoms with Gasteiger partial charge in [0.2, 0.25) is 0 Å². The smallest absolute Gasteiger partial charge is 0.147 e. The van der Waals surface area contributed by atoms with Gasteiger partial charge in [0.05, 0.1) is 26.4 Å². The van der Waals surface area contributed by atoms with Gasteiger partial charge in [0, 0.05) is 17.0 Å². The van der Waals surface area contributed by atoms with Crippen molar-refractivity contribution < 1.29 is 13.9 Å². The van der Waals surface area contributed by atoms with Crippen LogP contribution in [0.5, 0.6) is 0 Å². The van der Waals surface area contributed by atoms with Gasteiger partial charge in [0.15, 0.2) is 0 Å². The molecule has 0 radical (unpaired) electrons. The van der Waals surface area contributed by atoms with Gasteiger partial charge >= 0.3 is 0 Å². The minimum absolute atomic E-state index is 0.0651. The van der Waals surface area contributed by atoms with E-state index in [4.69, 9.17) is 21.1 Å². The molecule has 1 aromatic heterocycles. The molecule has 5 nitrogen and oxygen atoms in total. The summed E-state index contributed by atoms with van der Waals surface area (Å²) in [7, 11) is 0. The lowest BCUT2D eigenvalue weighted by Crippen LogP contribution is -2.33. The predicted octanol–water partition coefficient (Wildman–Crippen LogP) is 2.39. The van der Waals surface area contributed by atoms with E-state index >= 15 is 0 Å². The molecule has 0 spiro atoms. The van der Waals surface area contributed by atoms with Gasteiger partial charge in [0.25, 0.3) is 0 Å². The fourth-order valence-corrected chi connectivity index (χ4v) is 2.70. The molecule has 0 N–H and O–H groups in total. The second-order valence-corrected chi connectivity index (χ2v) is 5.61. The van der Waals surface area contributed by atoms with Gasteiger partial charge in [-0.25, -0.2) is 14.1 Å². The van der Waals surface area contributed by atoms with Crippen molar-refractivity contribution in [1.29, 1.82) is 0 Å². The average Bonchev–Trinajstić information content (AvgIpc) is 2.84. The molecule has 1 aromatic carbocycles. The molecule has 2 heterocycles. The molecular weight excluding hydrogens is 309 g/mol. The molecule has 7 heteroatoms. The Kier molecular flexibility index (Phi) is 4.71. The van der Waals surface area contributed by atoms with E-state index in [0.29, 0.717) is 55.0 Å². The van der Waals surface area contributed by atoms with Crippen LogP contribution in [0.4, 0.5) is 4.39 Å². The predicted molar refractivity (Wildman–Crippen MR) is 79.5 cm³/mol. The molecule has 22 heavy (non-hydrogen) atoms. The summed E-state index contributed by atoms with van der Waals surface area (Å²) in [6.07, 6.45) is 0.226. The van der Waals surface area contributed by atoms with Crippen molar-refractivity contribution in [3.05, 3.63) is 46.3 Å². The zero-order valence-corrected chi connectivity index (χ0v) is 13.0. The average molecular weight is 326 g/mol. The van der Waals surface area contributed by atoms with E-state index < -0.39 is 0 Å². The van der Waals surface area contributed by atoms with Crippen LogP contribution in [0, 0.1) is 12.7 Å². The molecule has 1 saturated heterocycles. The number of halogens is 2. The van der Waals surface area contributed by atoms with Gasteiger partial charge in [-0.3, -0.25) is 0 Å². The minimum Gasteiger partial charge on any atom is -0.376 e. The first-order valence-electron chi connectivity index (χ1n) is 7.16. The Labute approximate surface area is 133 Å². The first kappa shape index (κ1) is 15.4. The number of benzene rings is 1. The van der Waals surface area contributed by atoms with Crippen LogP contribution in [0.2, 0.25) is 5.02 Å². The highest BCUT2D eigenvalue weighted by atomic mass is 35.5. The second kappa shape index (κ2) is 6.73. The lowest BCUT2D eigenvalue weighted by atomic mass is 10.1. The van der Waals surface area contributed by atoms with Crippen molar-refractivity contribution >= 4 is 11.6 Å². The van der Waals surface area contributed by atoms with Crippen molar-refractivity contribution in [1.82, 2.24) is 14.8 Å². The number of rotatable bonds is 4. The molecular formula is C15H17ClFN3O2. The SMILES string of the molecule is Cc1nc(Cc2c(F)cccc2Cl)n(CC2COCCO2)n1. The number of hydrogen-bond donors (Lipinski definition) is 0. The van der Waals surface area contributed by atoms with Crippen LogP contribution in [-0.2, 0) is 22.4 Å². The highest BCUT2D eigenvalue weighted by molar-refractivity contribution is 6.31. The summed E-state index contributed by atoms with van der Waals surface area (Å²) in [5.74, 6) is 0.967. The van der Waals surface area contributed by atoms with E-state index in [2.05, 4.69) is 10.1 Å². The standard InChI is InChI=1S/C15H17ClFN3O2/c1-10-18-15(7-12-13(16)3-2-4-14(12)17)20(19-10)8-11-9-21-5-6-22-11/h2-4,11H,5-9H2,1H3. The van der Waals surface area contributed by atoms with Crippen LogP contribution in [-0.4, -0.2) is 40.7 Å². The summed E-state index contributed by atoms with van der Waals surface area (Å²) >= 11 is 6.09. The number of aromatic nitrogens is 3. The quantitative estimate of drug-likeness (QED) is 0.866. The van der Waals surface area contributed by atoms with Gasteiger partial charge < -0.3 is 9.47 Å². The Bertz CT molecular complexity index is 636. The van der Waals surface area contributed by atoms with Gasteiger partial charge in [-0.05, 0) is 19.1 Å². The van der Waals surface area contributed by atoms with Crippen LogP contribution in [0.25, 0.3) is 0 Å². The van der Waals surface area contributed by atoms with E-state index in [1.54, 1.807) is 23.7 Å². The second-order valence-electron chi connectivity index (χ2n) is 5.20. The van der Waals surface area contributed by atoms with Gasteiger partial charge in [-0.1, -0.05) is 17.7 Å². The molecule has 2 aromatic rings. The first-order valence-corrected chi connectivity index (χ1v) is 7.54. The molecule has 1 unspecified atom stereocenters. The normalized spacial score (nSPS) is 18.6. The third-order valence-corrected chi connectivity index (χ3v) is 3.87.